The summed E-state index contributed by atoms with van der Waals surface area (Å²) in [6, 6.07) is 26.4. The molecule has 46 heavy (non-hydrogen) atoms. The number of aromatic nitrogens is 3. The number of allylic oxidation sites excluding steroid dienone is 3. The number of nitrogens with zero attached hydrogens (tertiary/aromatic N) is 5. The highest BCUT2D eigenvalue weighted by Crippen LogP contribution is 2.52. The number of Topliss-reactive ketones (excluding diaryl/α,β-unsaturated/α-hetero) is 1. The quantitative estimate of drug-likeness (QED) is 0.212. The normalized spacial score (nSPS) is 17.7. The Balaban J connectivity index is 1.44. The molecule has 7 nitrogen and oxygen atoms in total. The summed E-state index contributed by atoms with van der Waals surface area (Å²) >= 11 is 1.36. The summed E-state index contributed by atoms with van der Waals surface area (Å²) in [4.78, 5) is 20.9. The van der Waals surface area contributed by atoms with Crippen molar-refractivity contribution in [3.8, 4) is 34.3 Å². The zero-order valence-electron chi connectivity index (χ0n) is 25.7. The summed E-state index contributed by atoms with van der Waals surface area (Å²) < 4.78 is 15.4. The van der Waals surface area contributed by atoms with Crippen LogP contribution in [0.2, 0.25) is 0 Å². The molecule has 2 N–H and O–H groups in total. The Bertz CT molecular complexity index is 2080. The van der Waals surface area contributed by atoms with Gasteiger partial charge in [0.2, 0.25) is 0 Å². The van der Waals surface area contributed by atoms with Crippen molar-refractivity contribution in [1.29, 1.82) is 5.26 Å². The van der Waals surface area contributed by atoms with Gasteiger partial charge < -0.3 is 5.73 Å². The Morgan fingerprint density at radius 3 is 2.39 bits per heavy atom. The van der Waals surface area contributed by atoms with E-state index in [1.807, 2.05) is 73.1 Å². The van der Waals surface area contributed by atoms with E-state index in [1.54, 1.807) is 21.7 Å². The number of carbonyl (C=O) groups excluding carboxylic acids is 1. The third-order valence-electron chi connectivity index (χ3n) is 8.60. The van der Waals surface area contributed by atoms with Gasteiger partial charge in [0, 0.05) is 46.0 Å². The van der Waals surface area contributed by atoms with E-state index in [2.05, 4.69) is 19.9 Å². The average Bonchev–Trinajstić information content (AvgIpc) is 3.70. The van der Waals surface area contributed by atoms with Crippen molar-refractivity contribution in [1.82, 2.24) is 14.8 Å². The van der Waals surface area contributed by atoms with Crippen molar-refractivity contribution in [3.63, 3.8) is 0 Å². The number of aryl methyl sites for hydroxylation is 1. The van der Waals surface area contributed by atoms with Gasteiger partial charge in [-0.25, -0.2) is 14.1 Å². The molecule has 0 saturated heterocycles. The van der Waals surface area contributed by atoms with E-state index in [-0.39, 0.29) is 28.4 Å². The van der Waals surface area contributed by atoms with Crippen molar-refractivity contribution >= 4 is 22.3 Å². The third kappa shape index (κ3) is 5.11. The molecule has 1 atom stereocenters. The van der Waals surface area contributed by atoms with Crippen LogP contribution < -0.4 is 10.6 Å². The first-order valence-electron chi connectivity index (χ1n) is 15.0. The van der Waals surface area contributed by atoms with E-state index < -0.39 is 5.92 Å². The van der Waals surface area contributed by atoms with Gasteiger partial charge >= 0.3 is 0 Å². The third-order valence-corrected chi connectivity index (χ3v) is 9.43. The maximum Gasteiger partial charge on any atom is 0.195 e. The second kappa shape index (κ2) is 11.2. The molecule has 2 aromatic heterocycles. The first-order chi connectivity index (χ1) is 22.1. The van der Waals surface area contributed by atoms with Crippen LogP contribution >= 0.6 is 11.3 Å². The number of nitrogens with two attached hydrogens (primary N) is 1. The minimum Gasteiger partial charge on any atom is -0.384 e. The number of hydrogen-bond acceptors (Lipinski definition) is 7. The second-order valence-electron chi connectivity index (χ2n) is 12.6. The zero-order chi connectivity index (χ0) is 32.2. The largest absolute Gasteiger partial charge is 0.384 e. The Kier molecular flexibility index (Phi) is 7.18. The first-order valence-corrected chi connectivity index (χ1v) is 15.9. The first kappa shape index (κ1) is 29.4. The highest BCUT2D eigenvalue weighted by Gasteiger charge is 2.46. The van der Waals surface area contributed by atoms with Gasteiger partial charge in [-0.1, -0.05) is 61.9 Å². The van der Waals surface area contributed by atoms with E-state index in [4.69, 9.17) is 15.8 Å². The van der Waals surface area contributed by atoms with Crippen LogP contribution in [0.5, 0.6) is 0 Å². The SMILES string of the molecule is Cc1ccc(-c2nn(-c3ccccc3)cc2C2C(C#N)=C(N)N(c3nc(-c4ccc(F)cc4)cs3)C3=C2C(=O)CC(C)(C)C3)cc1. The fraction of sp³-hybridized carbons (Fsp3) is 0.189. The zero-order valence-corrected chi connectivity index (χ0v) is 26.5. The average molecular weight is 627 g/mol. The summed E-state index contributed by atoms with van der Waals surface area (Å²) in [6.45, 7) is 6.16. The van der Waals surface area contributed by atoms with Gasteiger partial charge in [-0.3, -0.25) is 9.69 Å². The van der Waals surface area contributed by atoms with Gasteiger partial charge in [-0.15, -0.1) is 11.3 Å². The maximum atomic E-state index is 14.3. The maximum absolute atomic E-state index is 14.3. The Hall–Kier alpha value is -5.33. The molecule has 228 valence electrons. The minimum absolute atomic E-state index is 0.0286. The van der Waals surface area contributed by atoms with E-state index in [9.17, 15) is 14.4 Å². The fourth-order valence-corrected chi connectivity index (χ4v) is 7.28. The summed E-state index contributed by atoms with van der Waals surface area (Å²) in [7, 11) is 0. The van der Waals surface area contributed by atoms with E-state index in [1.165, 1.54) is 23.5 Å². The van der Waals surface area contributed by atoms with Gasteiger partial charge in [-0.05, 0) is 55.2 Å². The number of halogens is 1. The van der Waals surface area contributed by atoms with Crippen LogP contribution in [0, 0.1) is 29.5 Å². The van der Waals surface area contributed by atoms with Gasteiger partial charge in [-0.2, -0.15) is 10.4 Å². The number of nitriles is 1. The van der Waals surface area contributed by atoms with Crippen LogP contribution in [0.3, 0.4) is 0 Å². The van der Waals surface area contributed by atoms with E-state index in [0.29, 0.717) is 34.9 Å². The number of benzene rings is 3. The predicted octanol–water partition coefficient (Wildman–Crippen LogP) is 8.05. The van der Waals surface area contributed by atoms with Gasteiger partial charge in [0.25, 0.3) is 0 Å². The summed E-state index contributed by atoms with van der Waals surface area (Å²) in [5.74, 6) is -0.839. The lowest BCUT2D eigenvalue weighted by Gasteiger charge is -2.42. The van der Waals surface area contributed by atoms with E-state index in [0.717, 1.165) is 33.6 Å². The molecule has 7 rings (SSSR count). The lowest BCUT2D eigenvalue weighted by Crippen LogP contribution is -2.42. The van der Waals surface area contributed by atoms with Crippen LogP contribution in [0.15, 0.2) is 113 Å². The highest BCUT2D eigenvalue weighted by atomic mass is 32.1. The Morgan fingerprint density at radius 1 is 1.00 bits per heavy atom. The molecule has 1 unspecified atom stereocenters. The van der Waals surface area contributed by atoms with Crippen molar-refractivity contribution in [2.45, 2.75) is 39.5 Å². The summed E-state index contributed by atoms with van der Waals surface area (Å²) in [5, 5.41) is 18.2. The number of para-hydroxylation sites is 1. The number of hydrogen-bond donors (Lipinski definition) is 1. The topological polar surface area (TPSA) is 101 Å². The smallest absolute Gasteiger partial charge is 0.195 e. The minimum atomic E-state index is -0.717. The number of thiazole rings is 1. The molecule has 9 heteroatoms. The van der Waals surface area contributed by atoms with Crippen LogP contribution in [-0.4, -0.2) is 20.5 Å². The monoisotopic (exact) mass is 626 g/mol. The number of ketones is 1. The molecule has 0 spiro atoms. The fourth-order valence-electron chi connectivity index (χ4n) is 6.41. The molecule has 0 radical (unpaired) electrons. The number of carbonyl (C=O) groups is 1. The van der Waals surface area contributed by atoms with Crippen molar-refractivity contribution in [2.24, 2.45) is 11.1 Å². The molecule has 1 aliphatic heterocycles. The molecule has 0 amide bonds. The molecule has 3 heterocycles. The molecular weight excluding hydrogens is 596 g/mol. The number of anilines is 1. The molecule has 5 aromatic rings. The molecule has 0 saturated carbocycles. The van der Waals surface area contributed by atoms with Crippen LogP contribution in [-0.2, 0) is 4.79 Å². The lowest BCUT2D eigenvalue weighted by atomic mass is 9.68. The Labute approximate surface area is 270 Å². The Morgan fingerprint density at radius 2 is 1.70 bits per heavy atom. The van der Waals surface area contributed by atoms with Crippen LogP contribution in [0.1, 0.15) is 43.7 Å². The molecule has 0 bridgehead atoms. The van der Waals surface area contributed by atoms with Gasteiger partial charge in [0.1, 0.15) is 11.6 Å². The summed E-state index contributed by atoms with van der Waals surface area (Å²) in [5.41, 5.74) is 13.8. The highest BCUT2D eigenvalue weighted by molar-refractivity contribution is 7.14. The van der Waals surface area contributed by atoms with Gasteiger partial charge in [0.15, 0.2) is 10.9 Å². The van der Waals surface area contributed by atoms with Gasteiger partial charge in [0.05, 0.1) is 34.6 Å². The molecule has 2 aliphatic rings. The lowest BCUT2D eigenvalue weighted by molar-refractivity contribution is -0.118. The second-order valence-corrected chi connectivity index (χ2v) is 13.4. The predicted molar refractivity (Wildman–Crippen MR) is 178 cm³/mol. The molecular formula is C37H31FN6OS. The summed E-state index contributed by atoms with van der Waals surface area (Å²) in [6.07, 6.45) is 2.81. The molecule has 3 aromatic carbocycles. The molecule has 0 fully saturated rings. The number of rotatable bonds is 5. The van der Waals surface area contributed by atoms with Crippen LogP contribution in [0.25, 0.3) is 28.2 Å². The van der Waals surface area contributed by atoms with Crippen molar-refractivity contribution in [3.05, 3.63) is 130 Å². The van der Waals surface area contributed by atoms with E-state index >= 15 is 0 Å². The molecule has 1 aliphatic carbocycles. The van der Waals surface area contributed by atoms with Crippen molar-refractivity contribution < 1.29 is 9.18 Å². The van der Waals surface area contributed by atoms with Crippen molar-refractivity contribution in [2.75, 3.05) is 4.90 Å². The van der Waals surface area contributed by atoms with Crippen LogP contribution in [0.4, 0.5) is 9.52 Å². The standard InChI is InChI=1S/C37H31FN6OS/c1-22-9-11-24(12-10-22)34-28(20-43(42-34)26-7-5-4-6-8-26)32-27(19-39)35(40)44(30-17-37(2,3)18-31(45)33(30)32)36-41-29(21-46-36)23-13-15-25(38)16-14-23/h4-16,20-21,32H,17-18,40H2,1-3H3.